The van der Waals surface area contributed by atoms with Crippen LogP contribution < -0.4 is 0 Å². The lowest BCUT2D eigenvalue weighted by molar-refractivity contribution is -0.130. The largest absolute Gasteiger partial charge is 0.339 e. The summed E-state index contributed by atoms with van der Waals surface area (Å²) in [5.41, 5.74) is 2.75. The van der Waals surface area contributed by atoms with Crippen molar-refractivity contribution in [1.29, 1.82) is 0 Å². The molecule has 4 heteroatoms. The highest BCUT2D eigenvalue weighted by molar-refractivity contribution is 7.99. The second-order valence-corrected chi connectivity index (χ2v) is 5.88. The van der Waals surface area contributed by atoms with Gasteiger partial charge in [0.25, 0.3) is 0 Å². The molecule has 0 unspecified atom stereocenters. The van der Waals surface area contributed by atoms with Crippen LogP contribution >= 0.6 is 11.8 Å². The molecule has 1 amide bonds. The smallest absolute Gasteiger partial charge is 0.232 e. The van der Waals surface area contributed by atoms with Gasteiger partial charge < -0.3 is 4.90 Å². The summed E-state index contributed by atoms with van der Waals surface area (Å²) in [4.78, 5) is 16.2. The number of piperazine rings is 1. The molecule has 0 aromatic heterocycles. The number of benzene rings is 1. The summed E-state index contributed by atoms with van der Waals surface area (Å²) in [6.07, 6.45) is 1.98. The number of thioether (sulfide) groups is 1. The first kappa shape index (κ1) is 14.4. The summed E-state index contributed by atoms with van der Waals surface area (Å²) in [5.74, 6) is 0.890. The predicted molar refractivity (Wildman–Crippen MR) is 81.4 cm³/mol. The number of hydrogen-bond donors (Lipinski definition) is 0. The summed E-state index contributed by atoms with van der Waals surface area (Å²) in [6.45, 7) is 6.85. The average Bonchev–Trinajstić information content (AvgIpc) is 2.42. The van der Waals surface area contributed by atoms with Crippen molar-refractivity contribution in [2.75, 3.05) is 38.2 Å². The van der Waals surface area contributed by atoms with E-state index in [2.05, 4.69) is 36.1 Å². The van der Waals surface area contributed by atoms with E-state index in [0.29, 0.717) is 5.75 Å². The van der Waals surface area contributed by atoms with Crippen molar-refractivity contribution in [3.63, 3.8) is 0 Å². The van der Waals surface area contributed by atoms with Gasteiger partial charge in [0.2, 0.25) is 5.91 Å². The molecule has 0 atom stereocenters. The van der Waals surface area contributed by atoms with Crippen LogP contribution in [-0.4, -0.2) is 53.9 Å². The minimum absolute atomic E-state index is 0.281. The molecule has 1 aromatic carbocycles. The molecule has 2 rings (SSSR count). The Morgan fingerprint density at radius 1 is 1.21 bits per heavy atom. The van der Waals surface area contributed by atoms with Gasteiger partial charge in [0.05, 0.1) is 5.75 Å². The fraction of sp³-hybridized carbons (Fsp3) is 0.533. The molecule has 0 N–H and O–H groups in total. The van der Waals surface area contributed by atoms with Crippen molar-refractivity contribution in [2.45, 2.75) is 13.5 Å². The van der Waals surface area contributed by atoms with E-state index in [1.165, 1.54) is 11.1 Å². The zero-order valence-electron chi connectivity index (χ0n) is 11.8. The third kappa shape index (κ3) is 3.98. The number of amides is 1. The maximum Gasteiger partial charge on any atom is 0.232 e. The second-order valence-electron chi connectivity index (χ2n) is 5.02. The van der Waals surface area contributed by atoms with Crippen LogP contribution in [0.2, 0.25) is 0 Å². The quantitative estimate of drug-likeness (QED) is 0.841. The SMILES string of the molecule is CSCC(=O)N1CCN(Cc2ccccc2C)CC1. The van der Waals surface area contributed by atoms with Crippen molar-refractivity contribution < 1.29 is 4.79 Å². The topological polar surface area (TPSA) is 23.6 Å². The zero-order chi connectivity index (χ0) is 13.7. The number of carbonyl (C=O) groups is 1. The van der Waals surface area contributed by atoms with Crippen LogP contribution in [-0.2, 0) is 11.3 Å². The van der Waals surface area contributed by atoms with Crippen LogP contribution in [0.5, 0.6) is 0 Å². The standard InChI is InChI=1S/C15H22N2OS/c1-13-5-3-4-6-14(13)11-16-7-9-17(10-8-16)15(18)12-19-2/h3-6H,7-12H2,1-2H3. The Bertz CT molecular complexity index is 428. The Morgan fingerprint density at radius 2 is 1.89 bits per heavy atom. The number of nitrogens with zero attached hydrogens (tertiary/aromatic N) is 2. The Morgan fingerprint density at radius 3 is 2.53 bits per heavy atom. The van der Waals surface area contributed by atoms with E-state index in [4.69, 9.17) is 0 Å². The van der Waals surface area contributed by atoms with E-state index in [0.717, 1.165) is 32.7 Å². The van der Waals surface area contributed by atoms with Crippen LogP contribution in [0.25, 0.3) is 0 Å². The van der Waals surface area contributed by atoms with E-state index < -0.39 is 0 Å². The maximum atomic E-state index is 11.8. The van der Waals surface area contributed by atoms with E-state index in [1.54, 1.807) is 11.8 Å². The summed E-state index contributed by atoms with van der Waals surface area (Å²) in [6, 6.07) is 8.53. The number of hydrogen-bond acceptors (Lipinski definition) is 3. The molecule has 0 aliphatic carbocycles. The van der Waals surface area contributed by atoms with E-state index >= 15 is 0 Å². The average molecular weight is 278 g/mol. The first-order valence-electron chi connectivity index (χ1n) is 6.74. The molecule has 1 aliphatic rings. The van der Waals surface area contributed by atoms with Gasteiger partial charge in [-0.25, -0.2) is 0 Å². The lowest BCUT2D eigenvalue weighted by Crippen LogP contribution is -2.48. The van der Waals surface area contributed by atoms with Gasteiger partial charge in [0, 0.05) is 32.7 Å². The lowest BCUT2D eigenvalue weighted by Gasteiger charge is -2.35. The molecule has 3 nitrogen and oxygen atoms in total. The van der Waals surface area contributed by atoms with Gasteiger partial charge in [-0.15, -0.1) is 0 Å². The minimum atomic E-state index is 0.281. The molecule has 0 spiro atoms. The molecule has 0 saturated carbocycles. The Kier molecular flexibility index (Phi) is 5.28. The van der Waals surface area contributed by atoms with Gasteiger partial charge in [-0.1, -0.05) is 24.3 Å². The van der Waals surface area contributed by atoms with Crippen LogP contribution in [0.15, 0.2) is 24.3 Å². The first-order chi connectivity index (χ1) is 9.20. The van der Waals surface area contributed by atoms with E-state index in [1.807, 2.05) is 11.2 Å². The lowest BCUT2D eigenvalue weighted by atomic mass is 10.1. The van der Waals surface area contributed by atoms with E-state index in [9.17, 15) is 4.79 Å². The molecule has 1 aromatic rings. The van der Waals surface area contributed by atoms with Gasteiger partial charge in [-0.3, -0.25) is 9.69 Å². The summed E-state index contributed by atoms with van der Waals surface area (Å²) in [7, 11) is 0. The summed E-state index contributed by atoms with van der Waals surface area (Å²) >= 11 is 1.60. The maximum absolute atomic E-state index is 11.8. The van der Waals surface area contributed by atoms with Gasteiger partial charge in [0.15, 0.2) is 0 Å². The van der Waals surface area contributed by atoms with Crippen LogP contribution in [0.4, 0.5) is 0 Å². The van der Waals surface area contributed by atoms with Gasteiger partial charge in [-0.05, 0) is 24.3 Å². The Balaban J connectivity index is 1.84. The van der Waals surface area contributed by atoms with Crippen LogP contribution in [0.1, 0.15) is 11.1 Å². The van der Waals surface area contributed by atoms with Crippen LogP contribution in [0.3, 0.4) is 0 Å². The highest BCUT2D eigenvalue weighted by Gasteiger charge is 2.20. The molecule has 1 saturated heterocycles. The molecule has 19 heavy (non-hydrogen) atoms. The van der Waals surface area contributed by atoms with Crippen molar-refractivity contribution in [2.24, 2.45) is 0 Å². The molecule has 0 radical (unpaired) electrons. The predicted octanol–water partition coefficient (Wildman–Crippen LogP) is 2.00. The Labute approximate surface area is 120 Å². The van der Waals surface area contributed by atoms with Gasteiger partial charge in [-0.2, -0.15) is 11.8 Å². The van der Waals surface area contributed by atoms with E-state index in [-0.39, 0.29) is 5.91 Å². The number of carbonyl (C=O) groups excluding carboxylic acids is 1. The van der Waals surface area contributed by atoms with Crippen molar-refractivity contribution in [3.05, 3.63) is 35.4 Å². The normalized spacial score (nSPS) is 16.6. The molecule has 104 valence electrons. The van der Waals surface area contributed by atoms with Crippen molar-refractivity contribution in [3.8, 4) is 0 Å². The fourth-order valence-electron chi connectivity index (χ4n) is 2.40. The van der Waals surface area contributed by atoms with Crippen molar-refractivity contribution in [1.82, 2.24) is 9.80 Å². The molecule has 0 bridgehead atoms. The minimum Gasteiger partial charge on any atom is -0.339 e. The van der Waals surface area contributed by atoms with Gasteiger partial charge in [0.1, 0.15) is 0 Å². The number of aryl methyl sites for hydroxylation is 1. The monoisotopic (exact) mass is 278 g/mol. The zero-order valence-corrected chi connectivity index (χ0v) is 12.6. The fourth-order valence-corrected chi connectivity index (χ4v) is 2.83. The highest BCUT2D eigenvalue weighted by atomic mass is 32.2. The summed E-state index contributed by atoms with van der Waals surface area (Å²) in [5, 5.41) is 0. The molecular formula is C15H22N2OS. The first-order valence-corrected chi connectivity index (χ1v) is 8.13. The number of rotatable bonds is 4. The molecular weight excluding hydrogens is 256 g/mol. The molecule has 1 aliphatic heterocycles. The molecule has 1 fully saturated rings. The second kappa shape index (κ2) is 6.96. The Hall–Kier alpha value is -1.00. The van der Waals surface area contributed by atoms with Crippen LogP contribution in [0, 0.1) is 6.92 Å². The van der Waals surface area contributed by atoms with Gasteiger partial charge >= 0.3 is 0 Å². The third-order valence-corrected chi connectivity index (χ3v) is 4.18. The highest BCUT2D eigenvalue weighted by Crippen LogP contribution is 2.12. The molecule has 1 heterocycles. The summed E-state index contributed by atoms with van der Waals surface area (Å²) < 4.78 is 0. The third-order valence-electron chi connectivity index (χ3n) is 3.65. The van der Waals surface area contributed by atoms with Crippen molar-refractivity contribution >= 4 is 17.7 Å².